The maximum absolute atomic E-state index is 12.6. The van der Waals surface area contributed by atoms with Crippen LogP contribution >= 0.6 is 0 Å². The van der Waals surface area contributed by atoms with Crippen molar-refractivity contribution in [2.75, 3.05) is 24.5 Å². The van der Waals surface area contributed by atoms with Crippen molar-refractivity contribution in [1.82, 2.24) is 14.9 Å². The Morgan fingerprint density at radius 3 is 2.54 bits per heavy atom. The van der Waals surface area contributed by atoms with E-state index in [1.807, 2.05) is 6.92 Å². The van der Waals surface area contributed by atoms with Gasteiger partial charge in [-0.15, -0.1) is 0 Å². The summed E-state index contributed by atoms with van der Waals surface area (Å²) in [5, 5.41) is 0. The Morgan fingerprint density at radius 2 is 1.77 bits per heavy atom. The molecule has 3 fully saturated rings. The van der Waals surface area contributed by atoms with Gasteiger partial charge in [0, 0.05) is 48.8 Å². The van der Waals surface area contributed by atoms with Gasteiger partial charge in [-0.1, -0.05) is 12.8 Å². The fourth-order valence-electron chi connectivity index (χ4n) is 5.37. The molecule has 2 saturated heterocycles. The molecule has 26 heavy (non-hydrogen) atoms. The molecule has 1 atom stereocenters. The Balaban J connectivity index is 1.57. The SMILES string of the molecule is Cc1nc(C)c(C)c(N2CCC[C@]3(CCC(=O)N(C4CCCC4)C3)C2)n1. The molecule has 1 aromatic rings. The van der Waals surface area contributed by atoms with Gasteiger partial charge >= 0.3 is 0 Å². The van der Waals surface area contributed by atoms with E-state index in [1.165, 1.54) is 44.1 Å². The molecule has 0 unspecified atom stereocenters. The number of likely N-dealkylation sites (tertiary alicyclic amines) is 1. The Bertz CT molecular complexity index is 697. The average molecular weight is 357 g/mol. The first-order valence-corrected chi connectivity index (χ1v) is 10.3. The van der Waals surface area contributed by atoms with Crippen LogP contribution in [0, 0.1) is 26.2 Å². The minimum absolute atomic E-state index is 0.244. The highest BCUT2D eigenvalue weighted by Crippen LogP contribution is 2.42. The quantitative estimate of drug-likeness (QED) is 0.813. The van der Waals surface area contributed by atoms with Gasteiger partial charge < -0.3 is 9.80 Å². The van der Waals surface area contributed by atoms with Gasteiger partial charge in [0.2, 0.25) is 5.91 Å². The predicted octanol–water partition coefficient (Wildman–Crippen LogP) is 3.55. The van der Waals surface area contributed by atoms with E-state index in [4.69, 9.17) is 4.98 Å². The number of aryl methyl sites for hydroxylation is 2. The predicted molar refractivity (Wildman–Crippen MR) is 103 cm³/mol. The molecule has 5 heteroatoms. The summed E-state index contributed by atoms with van der Waals surface area (Å²) >= 11 is 0. The average Bonchev–Trinajstić information content (AvgIpc) is 3.15. The van der Waals surface area contributed by atoms with Crippen molar-refractivity contribution in [1.29, 1.82) is 0 Å². The van der Waals surface area contributed by atoms with E-state index in [0.29, 0.717) is 11.9 Å². The number of hydrogen-bond donors (Lipinski definition) is 0. The van der Waals surface area contributed by atoms with Crippen LogP contribution in [0.3, 0.4) is 0 Å². The van der Waals surface area contributed by atoms with E-state index >= 15 is 0 Å². The Labute approximate surface area is 157 Å². The Hall–Kier alpha value is -1.65. The smallest absolute Gasteiger partial charge is 0.222 e. The molecule has 0 radical (unpaired) electrons. The zero-order chi connectivity index (χ0) is 18.3. The summed E-state index contributed by atoms with van der Waals surface area (Å²) in [6.07, 6.45) is 9.16. The molecule has 3 aliphatic rings. The van der Waals surface area contributed by atoms with E-state index in [0.717, 1.165) is 49.8 Å². The van der Waals surface area contributed by atoms with Crippen molar-refractivity contribution < 1.29 is 4.79 Å². The molecule has 1 aromatic heterocycles. The van der Waals surface area contributed by atoms with Crippen LogP contribution in [0.2, 0.25) is 0 Å². The van der Waals surface area contributed by atoms with Crippen molar-refractivity contribution in [3.05, 3.63) is 17.1 Å². The highest BCUT2D eigenvalue weighted by atomic mass is 16.2. The molecular formula is C21H32N4O. The highest BCUT2D eigenvalue weighted by molar-refractivity contribution is 5.77. The lowest BCUT2D eigenvalue weighted by Gasteiger charge is -2.50. The molecule has 142 valence electrons. The summed E-state index contributed by atoms with van der Waals surface area (Å²) in [6.45, 7) is 9.25. The number of carbonyl (C=O) groups excluding carboxylic acids is 1. The summed E-state index contributed by atoms with van der Waals surface area (Å²) in [5.74, 6) is 2.36. The Morgan fingerprint density at radius 1 is 1.00 bits per heavy atom. The lowest BCUT2D eigenvalue weighted by Crippen LogP contribution is -2.56. The lowest BCUT2D eigenvalue weighted by atomic mass is 9.73. The summed E-state index contributed by atoms with van der Waals surface area (Å²) in [5.41, 5.74) is 2.53. The minimum Gasteiger partial charge on any atom is -0.356 e. The highest BCUT2D eigenvalue weighted by Gasteiger charge is 2.44. The van der Waals surface area contributed by atoms with Crippen LogP contribution in [0.5, 0.6) is 0 Å². The normalized spacial score (nSPS) is 27.6. The second-order valence-electron chi connectivity index (χ2n) is 8.79. The van der Waals surface area contributed by atoms with Crippen LogP contribution < -0.4 is 4.90 Å². The molecule has 1 spiro atoms. The van der Waals surface area contributed by atoms with Gasteiger partial charge in [-0.25, -0.2) is 9.97 Å². The molecule has 1 aliphatic carbocycles. The van der Waals surface area contributed by atoms with Crippen LogP contribution in [-0.2, 0) is 4.79 Å². The van der Waals surface area contributed by atoms with Crippen LogP contribution in [0.4, 0.5) is 5.82 Å². The van der Waals surface area contributed by atoms with Gasteiger partial charge in [0.1, 0.15) is 11.6 Å². The molecule has 3 heterocycles. The molecule has 1 amide bonds. The Kier molecular flexibility index (Phi) is 4.66. The zero-order valence-electron chi connectivity index (χ0n) is 16.6. The topological polar surface area (TPSA) is 49.3 Å². The van der Waals surface area contributed by atoms with E-state index < -0.39 is 0 Å². The van der Waals surface area contributed by atoms with Crippen LogP contribution in [0.15, 0.2) is 0 Å². The number of aromatic nitrogens is 2. The van der Waals surface area contributed by atoms with Gasteiger partial charge in [-0.2, -0.15) is 0 Å². The second-order valence-corrected chi connectivity index (χ2v) is 8.79. The second kappa shape index (κ2) is 6.82. The van der Waals surface area contributed by atoms with E-state index in [9.17, 15) is 4.79 Å². The van der Waals surface area contributed by atoms with Gasteiger partial charge in [0.15, 0.2) is 0 Å². The third-order valence-electron chi connectivity index (χ3n) is 6.90. The number of amides is 1. The molecule has 5 nitrogen and oxygen atoms in total. The summed E-state index contributed by atoms with van der Waals surface area (Å²) < 4.78 is 0. The standard InChI is InChI=1S/C21H32N4O/c1-15-16(2)22-17(3)23-20(15)24-12-6-10-21(13-24)11-9-19(26)25(14-21)18-7-4-5-8-18/h18H,4-14H2,1-3H3/t21-/m0/s1. The van der Waals surface area contributed by atoms with Crippen molar-refractivity contribution in [2.45, 2.75) is 78.2 Å². The third-order valence-corrected chi connectivity index (χ3v) is 6.90. The van der Waals surface area contributed by atoms with E-state index in [-0.39, 0.29) is 5.41 Å². The summed E-state index contributed by atoms with van der Waals surface area (Å²) in [6, 6.07) is 0.500. The number of rotatable bonds is 2. The molecule has 2 aliphatic heterocycles. The summed E-state index contributed by atoms with van der Waals surface area (Å²) in [7, 11) is 0. The van der Waals surface area contributed by atoms with E-state index in [2.05, 4.69) is 28.6 Å². The van der Waals surface area contributed by atoms with Crippen molar-refractivity contribution in [2.24, 2.45) is 5.41 Å². The van der Waals surface area contributed by atoms with Gasteiger partial charge in [0.05, 0.1) is 0 Å². The zero-order valence-corrected chi connectivity index (χ0v) is 16.6. The van der Waals surface area contributed by atoms with Gasteiger partial charge in [0.25, 0.3) is 0 Å². The van der Waals surface area contributed by atoms with Crippen LogP contribution in [0.1, 0.15) is 68.4 Å². The minimum atomic E-state index is 0.244. The first kappa shape index (κ1) is 17.7. The number of nitrogens with zero attached hydrogens (tertiary/aromatic N) is 4. The third kappa shape index (κ3) is 3.21. The van der Waals surface area contributed by atoms with Crippen molar-refractivity contribution in [3.63, 3.8) is 0 Å². The first-order chi connectivity index (χ1) is 12.5. The summed E-state index contributed by atoms with van der Waals surface area (Å²) in [4.78, 5) is 26.6. The number of piperidine rings is 2. The van der Waals surface area contributed by atoms with E-state index in [1.54, 1.807) is 0 Å². The maximum Gasteiger partial charge on any atom is 0.222 e. The molecule has 4 rings (SSSR count). The largest absolute Gasteiger partial charge is 0.356 e. The van der Waals surface area contributed by atoms with Crippen LogP contribution in [-0.4, -0.2) is 46.5 Å². The maximum atomic E-state index is 12.6. The molecular weight excluding hydrogens is 324 g/mol. The molecule has 1 saturated carbocycles. The first-order valence-electron chi connectivity index (χ1n) is 10.3. The van der Waals surface area contributed by atoms with Crippen LogP contribution in [0.25, 0.3) is 0 Å². The number of hydrogen-bond acceptors (Lipinski definition) is 4. The fourth-order valence-corrected chi connectivity index (χ4v) is 5.37. The molecule has 0 N–H and O–H groups in total. The lowest BCUT2D eigenvalue weighted by molar-refractivity contribution is -0.140. The van der Waals surface area contributed by atoms with Gasteiger partial charge in [-0.05, 0) is 52.9 Å². The molecule has 0 bridgehead atoms. The van der Waals surface area contributed by atoms with Crippen molar-refractivity contribution >= 4 is 11.7 Å². The monoisotopic (exact) mass is 356 g/mol. The number of carbonyl (C=O) groups is 1. The fraction of sp³-hybridized carbons (Fsp3) is 0.762. The number of anilines is 1. The van der Waals surface area contributed by atoms with Gasteiger partial charge in [-0.3, -0.25) is 4.79 Å². The molecule has 0 aromatic carbocycles. The van der Waals surface area contributed by atoms with Crippen molar-refractivity contribution in [3.8, 4) is 0 Å².